The Kier molecular flexibility index (Phi) is 6.94. The minimum absolute atomic E-state index is 0.00940. The highest BCUT2D eigenvalue weighted by atomic mass is 19.1. The van der Waals surface area contributed by atoms with Crippen molar-refractivity contribution in [1.82, 2.24) is 10.6 Å². The number of halogens is 1. The first kappa shape index (κ1) is 17.2. The largest absolute Gasteiger partial charge is 0.496 e. The van der Waals surface area contributed by atoms with Crippen LogP contribution in [0, 0.1) is 5.82 Å². The SMILES string of the molecule is CCC(CCO)NC(=O)NC(C)c1c(F)cccc1OC. The Labute approximate surface area is 124 Å². The second-order valence-electron chi connectivity index (χ2n) is 4.81. The molecule has 0 aliphatic heterocycles. The monoisotopic (exact) mass is 298 g/mol. The number of aliphatic hydroxyl groups excluding tert-OH is 1. The van der Waals surface area contributed by atoms with Crippen LogP contribution >= 0.6 is 0 Å². The van der Waals surface area contributed by atoms with Crippen molar-refractivity contribution in [2.45, 2.75) is 38.8 Å². The van der Waals surface area contributed by atoms with E-state index in [9.17, 15) is 9.18 Å². The summed E-state index contributed by atoms with van der Waals surface area (Å²) in [5.74, 6) is -0.0326. The number of carbonyl (C=O) groups excluding carboxylic acids is 1. The molecule has 5 nitrogen and oxygen atoms in total. The van der Waals surface area contributed by atoms with Crippen LogP contribution in [-0.2, 0) is 0 Å². The molecule has 1 rings (SSSR count). The molecule has 6 heteroatoms. The number of amides is 2. The number of benzene rings is 1. The molecule has 0 saturated heterocycles. The highest BCUT2D eigenvalue weighted by Gasteiger charge is 2.19. The summed E-state index contributed by atoms with van der Waals surface area (Å²) in [6.07, 6.45) is 1.20. The van der Waals surface area contributed by atoms with Gasteiger partial charge in [-0.15, -0.1) is 0 Å². The van der Waals surface area contributed by atoms with Crippen LogP contribution in [0.2, 0.25) is 0 Å². The van der Waals surface area contributed by atoms with Crippen LogP contribution in [0.4, 0.5) is 9.18 Å². The molecule has 0 aliphatic carbocycles. The van der Waals surface area contributed by atoms with Crippen molar-refractivity contribution in [3.63, 3.8) is 0 Å². The topological polar surface area (TPSA) is 70.6 Å². The molecule has 1 aromatic rings. The van der Waals surface area contributed by atoms with Crippen LogP contribution in [0.15, 0.2) is 18.2 Å². The molecule has 1 aromatic carbocycles. The zero-order chi connectivity index (χ0) is 15.8. The minimum Gasteiger partial charge on any atom is -0.496 e. The second-order valence-corrected chi connectivity index (χ2v) is 4.81. The number of carbonyl (C=O) groups is 1. The fourth-order valence-corrected chi connectivity index (χ4v) is 2.15. The average Bonchev–Trinajstić information content (AvgIpc) is 2.45. The third-order valence-corrected chi connectivity index (χ3v) is 3.32. The summed E-state index contributed by atoms with van der Waals surface area (Å²) in [6.45, 7) is 3.62. The van der Waals surface area contributed by atoms with Crippen molar-refractivity contribution in [2.24, 2.45) is 0 Å². The van der Waals surface area contributed by atoms with E-state index in [1.165, 1.54) is 13.2 Å². The van der Waals surface area contributed by atoms with Gasteiger partial charge in [0, 0.05) is 12.6 Å². The van der Waals surface area contributed by atoms with Crippen molar-refractivity contribution < 1.29 is 19.0 Å². The van der Waals surface area contributed by atoms with Crippen molar-refractivity contribution in [2.75, 3.05) is 13.7 Å². The first-order valence-electron chi connectivity index (χ1n) is 7.03. The normalized spacial score (nSPS) is 13.4. The third-order valence-electron chi connectivity index (χ3n) is 3.32. The van der Waals surface area contributed by atoms with E-state index >= 15 is 0 Å². The molecule has 2 unspecified atom stereocenters. The zero-order valence-electron chi connectivity index (χ0n) is 12.6. The Bertz CT molecular complexity index is 468. The summed E-state index contributed by atoms with van der Waals surface area (Å²) in [5, 5.41) is 14.3. The van der Waals surface area contributed by atoms with Gasteiger partial charge in [-0.2, -0.15) is 0 Å². The van der Waals surface area contributed by atoms with Gasteiger partial charge in [0.1, 0.15) is 11.6 Å². The van der Waals surface area contributed by atoms with Crippen LogP contribution in [0.1, 0.15) is 38.3 Å². The smallest absolute Gasteiger partial charge is 0.315 e. The molecule has 0 spiro atoms. The fourth-order valence-electron chi connectivity index (χ4n) is 2.15. The van der Waals surface area contributed by atoms with Crippen molar-refractivity contribution >= 4 is 6.03 Å². The van der Waals surface area contributed by atoms with Gasteiger partial charge in [0.25, 0.3) is 0 Å². The predicted octanol–water partition coefficient (Wildman–Crippen LogP) is 2.36. The summed E-state index contributed by atoms with van der Waals surface area (Å²) in [4.78, 5) is 11.9. The standard InChI is InChI=1S/C15H23FN2O3/c1-4-11(8-9-19)18-15(20)17-10(2)14-12(16)6-5-7-13(14)21-3/h5-7,10-11,19H,4,8-9H2,1-3H3,(H2,17,18,20). The molecule has 0 aromatic heterocycles. The maximum atomic E-state index is 13.9. The summed E-state index contributed by atoms with van der Waals surface area (Å²) in [5.41, 5.74) is 0.311. The second kappa shape index (κ2) is 8.46. The van der Waals surface area contributed by atoms with Crippen LogP contribution < -0.4 is 15.4 Å². The Morgan fingerprint density at radius 2 is 2.14 bits per heavy atom. The lowest BCUT2D eigenvalue weighted by Crippen LogP contribution is -2.43. The van der Waals surface area contributed by atoms with Gasteiger partial charge in [0.05, 0.1) is 18.7 Å². The number of ether oxygens (including phenoxy) is 1. The van der Waals surface area contributed by atoms with Crippen molar-refractivity contribution in [1.29, 1.82) is 0 Å². The van der Waals surface area contributed by atoms with Crippen molar-refractivity contribution in [3.05, 3.63) is 29.6 Å². The van der Waals surface area contributed by atoms with Crippen molar-refractivity contribution in [3.8, 4) is 5.75 Å². The minimum atomic E-state index is -0.534. The van der Waals surface area contributed by atoms with Gasteiger partial charge in [0.2, 0.25) is 0 Å². The maximum absolute atomic E-state index is 13.9. The van der Waals surface area contributed by atoms with Crippen LogP contribution in [0.25, 0.3) is 0 Å². The van der Waals surface area contributed by atoms with E-state index in [-0.39, 0.29) is 12.6 Å². The maximum Gasteiger partial charge on any atom is 0.315 e. The van der Waals surface area contributed by atoms with E-state index in [4.69, 9.17) is 9.84 Å². The zero-order valence-corrected chi connectivity index (χ0v) is 12.6. The first-order chi connectivity index (χ1) is 10.0. The van der Waals surface area contributed by atoms with E-state index in [1.54, 1.807) is 19.1 Å². The molecule has 0 radical (unpaired) electrons. The number of hydrogen-bond donors (Lipinski definition) is 3. The highest BCUT2D eigenvalue weighted by Crippen LogP contribution is 2.27. The van der Waals surface area contributed by atoms with Gasteiger partial charge in [0.15, 0.2) is 0 Å². The Morgan fingerprint density at radius 1 is 1.43 bits per heavy atom. The Hall–Kier alpha value is -1.82. The van der Waals surface area contributed by atoms with Gasteiger partial charge >= 0.3 is 6.03 Å². The molecule has 118 valence electrons. The summed E-state index contributed by atoms with van der Waals surface area (Å²) >= 11 is 0. The predicted molar refractivity (Wildman–Crippen MR) is 78.8 cm³/mol. The lowest BCUT2D eigenvalue weighted by atomic mass is 10.1. The number of aliphatic hydroxyl groups is 1. The molecule has 0 bridgehead atoms. The molecule has 21 heavy (non-hydrogen) atoms. The van der Waals surface area contributed by atoms with Gasteiger partial charge < -0.3 is 20.5 Å². The molecule has 0 fully saturated rings. The van der Waals surface area contributed by atoms with Crippen LogP contribution in [-0.4, -0.2) is 30.9 Å². The molecular weight excluding hydrogens is 275 g/mol. The quantitative estimate of drug-likeness (QED) is 0.723. The third kappa shape index (κ3) is 4.90. The molecule has 0 aliphatic rings. The van der Waals surface area contributed by atoms with E-state index in [0.717, 1.165) is 0 Å². The number of methoxy groups -OCH3 is 1. The molecule has 0 heterocycles. The molecule has 2 amide bonds. The summed E-state index contributed by atoms with van der Waals surface area (Å²) in [7, 11) is 1.46. The lowest BCUT2D eigenvalue weighted by molar-refractivity contribution is 0.225. The lowest BCUT2D eigenvalue weighted by Gasteiger charge is -2.21. The van der Waals surface area contributed by atoms with Gasteiger partial charge in [-0.05, 0) is 31.9 Å². The Morgan fingerprint density at radius 3 is 2.71 bits per heavy atom. The van der Waals surface area contributed by atoms with Crippen LogP contribution in [0.5, 0.6) is 5.75 Å². The first-order valence-corrected chi connectivity index (χ1v) is 7.03. The number of nitrogens with one attached hydrogen (secondary N) is 2. The molecule has 0 saturated carbocycles. The number of urea groups is 1. The highest BCUT2D eigenvalue weighted by molar-refractivity contribution is 5.74. The van der Waals surface area contributed by atoms with E-state index < -0.39 is 17.9 Å². The Balaban J connectivity index is 2.72. The van der Waals surface area contributed by atoms with Gasteiger partial charge in [-0.1, -0.05) is 13.0 Å². The molecular formula is C15H23FN2O3. The summed E-state index contributed by atoms with van der Waals surface area (Å²) < 4.78 is 19.0. The van der Waals surface area contributed by atoms with E-state index in [2.05, 4.69) is 10.6 Å². The number of rotatable bonds is 7. The average molecular weight is 298 g/mol. The van der Waals surface area contributed by atoms with Crippen LogP contribution in [0.3, 0.4) is 0 Å². The van der Waals surface area contributed by atoms with E-state index in [1.807, 2.05) is 6.92 Å². The van der Waals surface area contributed by atoms with E-state index in [0.29, 0.717) is 24.2 Å². The van der Waals surface area contributed by atoms with Gasteiger partial charge in [-0.25, -0.2) is 9.18 Å². The number of hydrogen-bond acceptors (Lipinski definition) is 3. The molecule has 3 N–H and O–H groups in total. The molecule has 2 atom stereocenters. The fraction of sp³-hybridized carbons (Fsp3) is 0.533. The van der Waals surface area contributed by atoms with Gasteiger partial charge in [-0.3, -0.25) is 0 Å². The summed E-state index contributed by atoms with van der Waals surface area (Å²) in [6, 6.07) is 3.49.